The molecule has 0 bridgehead atoms. The summed E-state index contributed by atoms with van der Waals surface area (Å²) in [7, 11) is 0. The Balaban J connectivity index is 2.41. The number of aldehydes is 1. The third-order valence-electron chi connectivity index (χ3n) is 1.09. The molecule has 0 saturated heterocycles. The van der Waals surface area contributed by atoms with Gasteiger partial charge in [0.1, 0.15) is 6.29 Å². The third-order valence-corrected chi connectivity index (χ3v) is 1.09. The van der Waals surface area contributed by atoms with E-state index in [4.69, 9.17) is 0 Å². The molecule has 10 heavy (non-hydrogen) atoms. The van der Waals surface area contributed by atoms with E-state index in [1.165, 1.54) is 6.08 Å². The highest BCUT2D eigenvalue weighted by molar-refractivity contribution is 5.64. The average molecular weight is 136 g/mol. The van der Waals surface area contributed by atoms with Crippen molar-refractivity contribution in [3.05, 3.63) is 30.9 Å². The first-order valence-corrected chi connectivity index (χ1v) is 2.99. The first kappa shape index (κ1) is 6.74. The summed E-state index contributed by atoms with van der Waals surface area (Å²) >= 11 is 0. The van der Waals surface area contributed by atoms with Crippen LogP contribution in [0.2, 0.25) is 0 Å². The van der Waals surface area contributed by atoms with Gasteiger partial charge in [-0.25, -0.2) is 4.98 Å². The molecule has 0 unspecified atom stereocenters. The summed E-state index contributed by atoms with van der Waals surface area (Å²) in [5.41, 5.74) is 0. The Morgan fingerprint density at radius 3 is 3.10 bits per heavy atom. The smallest absolute Gasteiger partial charge is 0.142 e. The van der Waals surface area contributed by atoms with Gasteiger partial charge in [-0.3, -0.25) is 4.79 Å². The lowest BCUT2D eigenvalue weighted by Crippen LogP contribution is -1.89. The first-order valence-electron chi connectivity index (χ1n) is 2.99. The summed E-state index contributed by atoms with van der Waals surface area (Å²) in [5, 5.41) is 0. The van der Waals surface area contributed by atoms with E-state index in [0.29, 0.717) is 6.54 Å². The molecule has 0 spiro atoms. The quantitative estimate of drug-likeness (QED) is 0.451. The Hall–Kier alpha value is -1.38. The van der Waals surface area contributed by atoms with Gasteiger partial charge in [0.15, 0.2) is 0 Å². The maximum atomic E-state index is 9.82. The molecular formula is C7H8N2O. The van der Waals surface area contributed by atoms with E-state index in [-0.39, 0.29) is 0 Å². The van der Waals surface area contributed by atoms with Gasteiger partial charge in [0.05, 0.1) is 6.33 Å². The molecule has 1 rings (SSSR count). The van der Waals surface area contributed by atoms with Crippen molar-refractivity contribution in [2.75, 3.05) is 0 Å². The van der Waals surface area contributed by atoms with Crippen molar-refractivity contribution in [2.45, 2.75) is 6.54 Å². The Bertz CT molecular complexity index is 214. The Labute approximate surface area is 59.0 Å². The minimum atomic E-state index is 0.707. The molecule has 0 fully saturated rings. The lowest BCUT2D eigenvalue weighted by Gasteiger charge is -1.90. The van der Waals surface area contributed by atoms with Crippen LogP contribution < -0.4 is 0 Å². The molecule has 0 aromatic carbocycles. The summed E-state index contributed by atoms with van der Waals surface area (Å²) in [4.78, 5) is 13.7. The van der Waals surface area contributed by atoms with Gasteiger partial charge in [-0.05, 0) is 6.08 Å². The van der Waals surface area contributed by atoms with E-state index in [2.05, 4.69) is 4.98 Å². The highest BCUT2D eigenvalue weighted by Gasteiger charge is 1.81. The molecule has 0 aliphatic carbocycles. The van der Waals surface area contributed by atoms with Crippen molar-refractivity contribution in [1.82, 2.24) is 9.55 Å². The van der Waals surface area contributed by atoms with Gasteiger partial charge in [-0.1, -0.05) is 6.08 Å². The van der Waals surface area contributed by atoms with Crippen LogP contribution in [0.5, 0.6) is 0 Å². The van der Waals surface area contributed by atoms with Gasteiger partial charge >= 0.3 is 0 Å². The fourth-order valence-electron chi connectivity index (χ4n) is 0.633. The number of imidazole rings is 1. The number of hydrogen-bond donors (Lipinski definition) is 0. The number of aromatic nitrogens is 2. The lowest BCUT2D eigenvalue weighted by atomic mass is 10.5. The van der Waals surface area contributed by atoms with E-state index in [1.807, 2.05) is 10.8 Å². The lowest BCUT2D eigenvalue weighted by molar-refractivity contribution is -0.104. The first-order chi connectivity index (χ1) is 4.93. The van der Waals surface area contributed by atoms with E-state index in [1.54, 1.807) is 18.6 Å². The zero-order chi connectivity index (χ0) is 7.23. The highest BCUT2D eigenvalue weighted by atomic mass is 16.1. The maximum absolute atomic E-state index is 9.82. The predicted octanol–water partition coefficient (Wildman–Crippen LogP) is 0.638. The topological polar surface area (TPSA) is 34.9 Å². The number of rotatable bonds is 3. The normalized spacial score (nSPS) is 10.4. The zero-order valence-electron chi connectivity index (χ0n) is 5.47. The molecule has 1 aromatic heterocycles. The fraction of sp³-hybridized carbons (Fsp3) is 0.143. The second kappa shape index (κ2) is 3.61. The second-order valence-electron chi connectivity index (χ2n) is 1.82. The van der Waals surface area contributed by atoms with Gasteiger partial charge < -0.3 is 4.57 Å². The molecule has 0 aliphatic heterocycles. The zero-order valence-corrected chi connectivity index (χ0v) is 5.47. The second-order valence-corrected chi connectivity index (χ2v) is 1.82. The highest BCUT2D eigenvalue weighted by Crippen LogP contribution is 1.85. The maximum Gasteiger partial charge on any atom is 0.142 e. The summed E-state index contributed by atoms with van der Waals surface area (Å²) < 4.78 is 1.88. The number of allylic oxidation sites excluding steroid dienone is 2. The van der Waals surface area contributed by atoms with Crippen LogP contribution in [-0.4, -0.2) is 15.8 Å². The summed E-state index contributed by atoms with van der Waals surface area (Å²) in [6, 6.07) is 0. The summed E-state index contributed by atoms with van der Waals surface area (Å²) in [6.45, 7) is 0.707. The standard InChI is InChI=1S/C7H8N2O/c10-6-2-1-4-9-5-3-8-7-9/h1-3,5-7H,4H2/b2-1+. The molecule has 3 heteroatoms. The van der Waals surface area contributed by atoms with Gasteiger partial charge in [-0.15, -0.1) is 0 Å². The molecule has 52 valence electrons. The fourth-order valence-corrected chi connectivity index (χ4v) is 0.633. The van der Waals surface area contributed by atoms with Crippen LogP contribution in [0.25, 0.3) is 0 Å². The van der Waals surface area contributed by atoms with Crippen molar-refractivity contribution in [3.63, 3.8) is 0 Å². The number of hydrogen-bond acceptors (Lipinski definition) is 2. The third kappa shape index (κ3) is 1.85. The molecule has 3 nitrogen and oxygen atoms in total. The van der Waals surface area contributed by atoms with Crippen LogP contribution in [0.4, 0.5) is 0 Å². The van der Waals surface area contributed by atoms with Crippen molar-refractivity contribution in [1.29, 1.82) is 0 Å². The molecule has 1 aromatic rings. The minimum absolute atomic E-state index is 0.707. The Morgan fingerprint density at radius 1 is 1.60 bits per heavy atom. The van der Waals surface area contributed by atoms with E-state index >= 15 is 0 Å². The van der Waals surface area contributed by atoms with Gasteiger partial charge in [-0.2, -0.15) is 0 Å². The molecule has 1 heterocycles. The molecule has 0 N–H and O–H groups in total. The van der Waals surface area contributed by atoms with E-state index < -0.39 is 0 Å². The van der Waals surface area contributed by atoms with Gasteiger partial charge in [0.25, 0.3) is 0 Å². The SMILES string of the molecule is O=C/C=C/Cn1ccnc1. The van der Waals surface area contributed by atoms with Crippen molar-refractivity contribution in [3.8, 4) is 0 Å². The molecular weight excluding hydrogens is 128 g/mol. The van der Waals surface area contributed by atoms with Crippen molar-refractivity contribution >= 4 is 6.29 Å². The number of nitrogens with zero attached hydrogens (tertiary/aromatic N) is 2. The summed E-state index contributed by atoms with van der Waals surface area (Å²) in [6.07, 6.45) is 9.25. The van der Waals surface area contributed by atoms with Crippen molar-refractivity contribution in [2.24, 2.45) is 0 Å². The predicted molar refractivity (Wildman–Crippen MR) is 37.4 cm³/mol. The van der Waals surface area contributed by atoms with Crippen LogP contribution >= 0.6 is 0 Å². The minimum Gasteiger partial charge on any atom is -0.334 e. The van der Waals surface area contributed by atoms with Crippen LogP contribution in [0, 0.1) is 0 Å². The van der Waals surface area contributed by atoms with Gasteiger partial charge in [0.2, 0.25) is 0 Å². The van der Waals surface area contributed by atoms with Crippen LogP contribution in [-0.2, 0) is 11.3 Å². The van der Waals surface area contributed by atoms with Crippen LogP contribution in [0.1, 0.15) is 0 Å². The molecule has 0 aliphatic rings. The molecule has 0 atom stereocenters. The summed E-state index contributed by atoms with van der Waals surface area (Å²) in [5.74, 6) is 0. The van der Waals surface area contributed by atoms with Crippen molar-refractivity contribution < 1.29 is 4.79 Å². The molecule has 0 saturated carbocycles. The van der Waals surface area contributed by atoms with Crippen LogP contribution in [0.3, 0.4) is 0 Å². The molecule has 0 radical (unpaired) electrons. The number of carbonyl (C=O) groups excluding carboxylic acids is 1. The largest absolute Gasteiger partial charge is 0.334 e. The Kier molecular flexibility index (Phi) is 2.43. The number of carbonyl (C=O) groups is 1. The molecule has 0 amide bonds. The monoisotopic (exact) mass is 136 g/mol. The van der Waals surface area contributed by atoms with Crippen LogP contribution in [0.15, 0.2) is 30.9 Å². The average Bonchev–Trinajstić information content (AvgIpc) is 2.41. The van der Waals surface area contributed by atoms with Gasteiger partial charge in [0, 0.05) is 18.9 Å². The Morgan fingerprint density at radius 2 is 2.50 bits per heavy atom. The van der Waals surface area contributed by atoms with E-state index in [0.717, 1.165) is 6.29 Å². The van der Waals surface area contributed by atoms with E-state index in [9.17, 15) is 4.79 Å².